The van der Waals surface area contributed by atoms with Gasteiger partial charge < -0.3 is 31.9 Å². The summed E-state index contributed by atoms with van der Waals surface area (Å²) in [4.78, 5) is 47.5. The molecule has 0 radical (unpaired) electrons. The highest BCUT2D eigenvalue weighted by Gasteiger charge is 2.30. The molecule has 162 valence electrons. The lowest BCUT2D eigenvalue weighted by molar-refractivity contribution is -0.138. The first-order chi connectivity index (χ1) is 13.1. The van der Waals surface area contributed by atoms with Crippen LogP contribution in [0.1, 0.15) is 19.8 Å². The van der Waals surface area contributed by atoms with E-state index in [0.29, 0.717) is 17.9 Å². The summed E-state index contributed by atoms with van der Waals surface area (Å²) in [5.41, 5.74) is 5.77. The van der Waals surface area contributed by atoms with Crippen LogP contribution in [0.3, 0.4) is 0 Å². The molecule has 10 nitrogen and oxygen atoms in total. The Morgan fingerprint density at radius 1 is 0.964 bits per heavy atom. The summed E-state index contributed by atoms with van der Waals surface area (Å²) in [5, 5.41) is 25.7. The Kier molecular flexibility index (Phi) is 13.7. The Morgan fingerprint density at radius 3 is 2.04 bits per heavy atom. The first-order valence-corrected chi connectivity index (χ1v) is 11.4. The fourth-order valence-corrected chi connectivity index (χ4v) is 3.05. The molecule has 3 amide bonds. The lowest BCUT2D eigenvalue weighted by Crippen LogP contribution is -2.59. The number of hydrogen-bond donors (Lipinski definition) is 6. The van der Waals surface area contributed by atoms with E-state index in [2.05, 4.69) is 16.0 Å². The number of aliphatic hydroxyl groups is 1. The number of aliphatic hydroxyl groups excluding tert-OH is 1. The molecule has 0 aromatic heterocycles. The Hall–Kier alpha value is -1.50. The van der Waals surface area contributed by atoms with Gasteiger partial charge in [-0.05, 0) is 43.8 Å². The summed E-state index contributed by atoms with van der Waals surface area (Å²) >= 11 is 2.98. The molecule has 0 aliphatic carbocycles. The number of aliphatic carboxylic acids is 1. The summed E-state index contributed by atoms with van der Waals surface area (Å²) in [7, 11) is 0. The number of rotatable bonds is 14. The molecule has 4 unspecified atom stereocenters. The Morgan fingerprint density at radius 2 is 1.54 bits per heavy atom. The van der Waals surface area contributed by atoms with Crippen molar-refractivity contribution in [2.45, 2.75) is 44.0 Å². The van der Waals surface area contributed by atoms with Crippen LogP contribution in [0.4, 0.5) is 0 Å². The number of carbonyl (C=O) groups is 4. The second-order valence-electron chi connectivity index (χ2n) is 6.07. The van der Waals surface area contributed by atoms with E-state index in [1.165, 1.54) is 30.4 Å². The van der Waals surface area contributed by atoms with Gasteiger partial charge in [0.15, 0.2) is 0 Å². The van der Waals surface area contributed by atoms with Crippen molar-refractivity contribution in [3.05, 3.63) is 0 Å². The van der Waals surface area contributed by atoms with Gasteiger partial charge in [-0.2, -0.15) is 23.5 Å². The number of amides is 3. The summed E-state index contributed by atoms with van der Waals surface area (Å²) in [6, 6.07) is -3.12. The molecular formula is C16H30N4O6S2. The van der Waals surface area contributed by atoms with Crippen LogP contribution >= 0.6 is 23.5 Å². The van der Waals surface area contributed by atoms with Crippen LogP contribution in [0, 0.1) is 0 Å². The third-order valence-corrected chi connectivity index (χ3v) is 4.98. The minimum atomic E-state index is -1.29. The number of carboxylic acid groups (broad SMARTS) is 1. The number of thioether (sulfide) groups is 2. The van der Waals surface area contributed by atoms with E-state index in [-0.39, 0.29) is 6.42 Å². The van der Waals surface area contributed by atoms with E-state index < -0.39 is 54.5 Å². The molecule has 7 N–H and O–H groups in total. The van der Waals surface area contributed by atoms with E-state index in [0.717, 1.165) is 0 Å². The SMILES string of the molecule is CSCCC(N)C(=O)NC(C(=O)NC(CCSC)C(=O)NCC(=O)O)C(C)O. The van der Waals surface area contributed by atoms with E-state index >= 15 is 0 Å². The number of nitrogens with two attached hydrogens (primary N) is 1. The minimum Gasteiger partial charge on any atom is -0.480 e. The summed E-state index contributed by atoms with van der Waals surface area (Å²) in [6.45, 7) is 0.755. The molecule has 28 heavy (non-hydrogen) atoms. The number of carbonyl (C=O) groups excluding carboxylic acids is 3. The maximum Gasteiger partial charge on any atom is 0.322 e. The number of nitrogens with one attached hydrogen (secondary N) is 3. The monoisotopic (exact) mass is 438 g/mol. The molecule has 12 heteroatoms. The zero-order valence-electron chi connectivity index (χ0n) is 16.3. The van der Waals surface area contributed by atoms with Crippen molar-refractivity contribution < 1.29 is 29.4 Å². The van der Waals surface area contributed by atoms with Crippen LogP contribution in [-0.4, -0.2) is 88.7 Å². The Balaban J connectivity index is 5.04. The largest absolute Gasteiger partial charge is 0.480 e. The first kappa shape index (κ1) is 26.5. The molecule has 0 saturated heterocycles. The van der Waals surface area contributed by atoms with Crippen LogP contribution < -0.4 is 21.7 Å². The smallest absolute Gasteiger partial charge is 0.322 e. The second-order valence-corrected chi connectivity index (χ2v) is 8.04. The van der Waals surface area contributed by atoms with Gasteiger partial charge in [-0.3, -0.25) is 19.2 Å². The topological polar surface area (TPSA) is 171 Å². The maximum absolute atomic E-state index is 12.5. The van der Waals surface area contributed by atoms with Crippen molar-refractivity contribution in [1.29, 1.82) is 0 Å². The van der Waals surface area contributed by atoms with Crippen molar-refractivity contribution in [2.24, 2.45) is 5.73 Å². The van der Waals surface area contributed by atoms with Gasteiger partial charge in [-0.15, -0.1) is 0 Å². The van der Waals surface area contributed by atoms with Crippen molar-refractivity contribution in [2.75, 3.05) is 30.6 Å². The van der Waals surface area contributed by atoms with Crippen molar-refractivity contribution in [3.63, 3.8) is 0 Å². The standard InChI is InChI=1S/C16H30N4O6S2/c1-9(21)13(20-14(24)10(17)4-6-27-2)16(26)19-11(5-7-28-3)15(25)18-8-12(22)23/h9-11,13,21H,4-8,17H2,1-3H3,(H,18,25)(H,19,26)(H,20,24)(H,22,23). The number of carboxylic acids is 1. The minimum absolute atomic E-state index is 0.256. The zero-order chi connectivity index (χ0) is 21.7. The van der Waals surface area contributed by atoms with Crippen LogP contribution in [0.25, 0.3) is 0 Å². The van der Waals surface area contributed by atoms with Gasteiger partial charge in [-0.1, -0.05) is 0 Å². The second kappa shape index (κ2) is 14.5. The molecule has 0 heterocycles. The van der Waals surface area contributed by atoms with Crippen molar-refractivity contribution in [1.82, 2.24) is 16.0 Å². The van der Waals surface area contributed by atoms with E-state index in [1.807, 2.05) is 12.5 Å². The summed E-state index contributed by atoms with van der Waals surface area (Å²) in [6.07, 6.45) is 3.14. The van der Waals surface area contributed by atoms with Gasteiger partial charge in [0.1, 0.15) is 18.6 Å². The van der Waals surface area contributed by atoms with Gasteiger partial charge in [0, 0.05) is 0 Å². The average Bonchev–Trinajstić information content (AvgIpc) is 2.64. The predicted molar refractivity (Wildman–Crippen MR) is 110 cm³/mol. The normalized spacial score (nSPS) is 15.0. The van der Waals surface area contributed by atoms with E-state index in [9.17, 15) is 24.3 Å². The van der Waals surface area contributed by atoms with Gasteiger partial charge in [0.05, 0.1) is 12.1 Å². The fraction of sp³-hybridized carbons (Fsp3) is 0.750. The summed E-state index contributed by atoms with van der Waals surface area (Å²) < 4.78 is 0. The van der Waals surface area contributed by atoms with E-state index in [4.69, 9.17) is 10.8 Å². The number of hydrogen-bond acceptors (Lipinski definition) is 8. The van der Waals surface area contributed by atoms with Gasteiger partial charge in [-0.25, -0.2) is 0 Å². The Labute approximate surface area is 173 Å². The third-order valence-electron chi connectivity index (χ3n) is 3.69. The van der Waals surface area contributed by atoms with Gasteiger partial charge in [0.25, 0.3) is 0 Å². The molecule has 0 aliphatic heterocycles. The van der Waals surface area contributed by atoms with Crippen LogP contribution in [-0.2, 0) is 19.2 Å². The molecule has 4 atom stereocenters. The molecule has 0 spiro atoms. The molecule has 0 rings (SSSR count). The molecule has 0 aromatic rings. The van der Waals surface area contributed by atoms with E-state index in [1.54, 1.807) is 0 Å². The van der Waals surface area contributed by atoms with Crippen molar-refractivity contribution >= 4 is 47.2 Å². The fourth-order valence-electron chi connectivity index (χ4n) is 2.09. The Bertz CT molecular complexity index is 535. The molecule has 0 bridgehead atoms. The molecule has 0 aromatic carbocycles. The van der Waals surface area contributed by atoms with Crippen LogP contribution in [0.2, 0.25) is 0 Å². The molecule has 0 saturated carbocycles. The van der Waals surface area contributed by atoms with Gasteiger partial charge >= 0.3 is 5.97 Å². The maximum atomic E-state index is 12.5. The highest BCUT2D eigenvalue weighted by atomic mass is 32.2. The summed E-state index contributed by atoms with van der Waals surface area (Å²) in [5.74, 6) is -1.99. The van der Waals surface area contributed by atoms with Crippen LogP contribution in [0.15, 0.2) is 0 Å². The predicted octanol–water partition coefficient (Wildman–Crippen LogP) is -1.63. The van der Waals surface area contributed by atoms with Gasteiger partial charge in [0.2, 0.25) is 17.7 Å². The first-order valence-electron chi connectivity index (χ1n) is 8.65. The van der Waals surface area contributed by atoms with Crippen molar-refractivity contribution in [3.8, 4) is 0 Å². The third kappa shape index (κ3) is 10.7. The molecule has 0 aliphatic rings. The average molecular weight is 439 g/mol. The molecule has 0 fully saturated rings. The quantitative estimate of drug-likeness (QED) is 0.186. The lowest BCUT2D eigenvalue weighted by Gasteiger charge is -2.25. The zero-order valence-corrected chi connectivity index (χ0v) is 17.9. The highest BCUT2D eigenvalue weighted by molar-refractivity contribution is 7.98. The molecular weight excluding hydrogens is 408 g/mol. The lowest BCUT2D eigenvalue weighted by atomic mass is 10.1. The van der Waals surface area contributed by atoms with Crippen LogP contribution in [0.5, 0.6) is 0 Å². The highest BCUT2D eigenvalue weighted by Crippen LogP contribution is 2.04.